The normalized spacial score (nSPS) is 32.7. The first kappa shape index (κ1) is 30.3. The molecule has 3 heterocycles. The van der Waals surface area contributed by atoms with Crippen LogP contribution in [0.15, 0.2) is 0 Å². The standard InChI is InChI=1S/C26H41N5O8/c1-15-21(27)26(37)31-14-8-10-18(31)25(36)30-13-7-9-17(30)24(35)29-22(23(28)34)16(2)39-20(33)12-6-4-3-5-11-19(32)38-15/h15-18,21-22H,3-14,27H2,1-2H3,(H2,28,34)(H,29,35)/t15-,16-,17+,18+,21+,22+/m1/s1. The van der Waals surface area contributed by atoms with Crippen molar-refractivity contribution in [3.63, 3.8) is 0 Å². The molecular formula is C26H41N5O8. The molecule has 0 aliphatic carbocycles. The fourth-order valence-corrected chi connectivity index (χ4v) is 5.41. The zero-order chi connectivity index (χ0) is 28.7. The number of esters is 2. The average Bonchev–Trinajstić information content (AvgIpc) is 3.57. The minimum Gasteiger partial charge on any atom is -0.460 e. The van der Waals surface area contributed by atoms with Crippen LogP contribution in [0.4, 0.5) is 0 Å². The summed E-state index contributed by atoms with van der Waals surface area (Å²) in [7, 11) is 0. The Morgan fingerprint density at radius 1 is 0.769 bits per heavy atom. The van der Waals surface area contributed by atoms with Gasteiger partial charge in [0.05, 0.1) is 0 Å². The van der Waals surface area contributed by atoms with E-state index >= 15 is 0 Å². The number of amides is 4. The first-order valence-corrected chi connectivity index (χ1v) is 13.9. The summed E-state index contributed by atoms with van der Waals surface area (Å²) in [5, 5.41) is 2.57. The second-order valence-corrected chi connectivity index (χ2v) is 10.6. The van der Waals surface area contributed by atoms with Crippen molar-refractivity contribution in [2.24, 2.45) is 11.5 Å². The van der Waals surface area contributed by atoms with Gasteiger partial charge in [0.25, 0.3) is 0 Å². The van der Waals surface area contributed by atoms with Gasteiger partial charge in [-0.25, -0.2) is 0 Å². The first-order chi connectivity index (χ1) is 18.5. The molecule has 0 aromatic carbocycles. The van der Waals surface area contributed by atoms with Crippen molar-refractivity contribution in [2.75, 3.05) is 13.1 Å². The Labute approximate surface area is 228 Å². The van der Waals surface area contributed by atoms with Crippen LogP contribution in [-0.2, 0) is 38.2 Å². The van der Waals surface area contributed by atoms with Crippen molar-refractivity contribution >= 4 is 35.6 Å². The Hall–Kier alpha value is -3.22. The lowest BCUT2D eigenvalue weighted by molar-refractivity contribution is -0.155. The topological polar surface area (TPSA) is 191 Å². The minimum absolute atomic E-state index is 0.102. The molecule has 13 heteroatoms. The second kappa shape index (κ2) is 13.7. The molecular weight excluding hydrogens is 510 g/mol. The highest BCUT2D eigenvalue weighted by Crippen LogP contribution is 2.26. The SMILES string of the molecule is C[C@H]1OC(=O)CCCCCCC(=O)O[C@H](C)[C@@H](C(N)=O)NC(=O)[C@@H]2CCCN2C(=O)[C@@H]2CCCN2C(=O)[C@H]1N. The Kier molecular flexibility index (Phi) is 10.7. The zero-order valence-electron chi connectivity index (χ0n) is 22.8. The molecule has 0 spiro atoms. The summed E-state index contributed by atoms with van der Waals surface area (Å²) >= 11 is 0. The number of hydrogen-bond acceptors (Lipinski definition) is 9. The Bertz CT molecular complexity index is 959. The van der Waals surface area contributed by atoms with Crippen LogP contribution in [0.3, 0.4) is 0 Å². The lowest BCUT2D eigenvalue weighted by Gasteiger charge is -2.33. The molecule has 3 aliphatic rings. The Morgan fingerprint density at radius 3 is 1.85 bits per heavy atom. The van der Waals surface area contributed by atoms with E-state index in [9.17, 15) is 28.8 Å². The summed E-state index contributed by atoms with van der Waals surface area (Å²) in [5.41, 5.74) is 11.7. The van der Waals surface area contributed by atoms with Gasteiger partial charge >= 0.3 is 11.9 Å². The molecule has 3 aliphatic heterocycles. The molecule has 13 nitrogen and oxygen atoms in total. The maximum atomic E-state index is 13.6. The fraction of sp³-hybridized carbons (Fsp3) is 0.769. The number of carbonyl (C=O) groups is 6. The molecule has 39 heavy (non-hydrogen) atoms. The fourth-order valence-electron chi connectivity index (χ4n) is 5.41. The van der Waals surface area contributed by atoms with Gasteiger partial charge in [0, 0.05) is 25.9 Å². The van der Waals surface area contributed by atoms with Gasteiger partial charge in [-0.2, -0.15) is 0 Å². The van der Waals surface area contributed by atoms with E-state index in [0.29, 0.717) is 64.5 Å². The lowest BCUT2D eigenvalue weighted by Crippen LogP contribution is -2.59. The molecule has 218 valence electrons. The number of ether oxygens (including phenoxy) is 2. The van der Waals surface area contributed by atoms with Crippen molar-refractivity contribution in [3.05, 3.63) is 0 Å². The zero-order valence-corrected chi connectivity index (χ0v) is 22.8. The minimum atomic E-state index is -1.27. The van der Waals surface area contributed by atoms with Crippen LogP contribution in [0.1, 0.15) is 78.1 Å². The van der Waals surface area contributed by atoms with Gasteiger partial charge in [0.1, 0.15) is 36.4 Å². The number of carbonyl (C=O) groups excluding carboxylic acids is 6. The Morgan fingerprint density at radius 2 is 1.28 bits per heavy atom. The van der Waals surface area contributed by atoms with Crippen LogP contribution in [0.25, 0.3) is 0 Å². The van der Waals surface area contributed by atoms with Gasteiger partial charge in [-0.05, 0) is 52.4 Å². The monoisotopic (exact) mass is 551 g/mol. The van der Waals surface area contributed by atoms with E-state index in [1.807, 2.05) is 0 Å². The maximum Gasteiger partial charge on any atom is 0.306 e. The number of nitrogens with two attached hydrogens (primary N) is 2. The van der Waals surface area contributed by atoms with Crippen LogP contribution in [-0.4, -0.2) is 94.8 Å². The third-order valence-electron chi connectivity index (χ3n) is 7.67. The van der Waals surface area contributed by atoms with E-state index in [0.717, 1.165) is 0 Å². The summed E-state index contributed by atoms with van der Waals surface area (Å²) < 4.78 is 10.8. The van der Waals surface area contributed by atoms with Crippen LogP contribution < -0.4 is 16.8 Å². The average molecular weight is 552 g/mol. The van der Waals surface area contributed by atoms with Gasteiger partial charge in [-0.1, -0.05) is 12.8 Å². The molecule has 0 aromatic heterocycles. The van der Waals surface area contributed by atoms with E-state index in [-0.39, 0.29) is 18.7 Å². The summed E-state index contributed by atoms with van der Waals surface area (Å²) in [4.78, 5) is 79.6. The van der Waals surface area contributed by atoms with Crippen LogP contribution in [0.2, 0.25) is 0 Å². The molecule has 0 bridgehead atoms. The number of nitrogens with one attached hydrogen (secondary N) is 1. The van der Waals surface area contributed by atoms with E-state index in [4.69, 9.17) is 20.9 Å². The number of rotatable bonds is 1. The number of fused-ring (bicyclic) bond motifs is 2. The van der Waals surface area contributed by atoms with E-state index < -0.39 is 66.0 Å². The molecule has 0 saturated carbocycles. The highest BCUT2D eigenvalue weighted by molar-refractivity contribution is 5.95. The largest absolute Gasteiger partial charge is 0.460 e. The predicted octanol–water partition coefficient (Wildman–Crippen LogP) is -0.517. The molecule has 3 rings (SSSR count). The van der Waals surface area contributed by atoms with E-state index in [2.05, 4.69) is 5.32 Å². The quantitative estimate of drug-likeness (QED) is 0.360. The molecule has 3 saturated heterocycles. The molecule has 6 atom stereocenters. The molecule has 4 amide bonds. The summed E-state index contributed by atoms with van der Waals surface area (Å²) in [5.74, 6) is -3.32. The number of nitrogens with zero attached hydrogens (tertiary/aromatic N) is 2. The van der Waals surface area contributed by atoms with Gasteiger partial charge in [0.15, 0.2) is 0 Å². The van der Waals surface area contributed by atoms with Crippen molar-refractivity contribution in [2.45, 2.75) is 114 Å². The molecule has 0 unspecified atom stereocenters. The van der Waals surface area contributed by atoms with Gasteiger partial charge in [-0.15, -0.1) is 0 Å². The maximum absolute atomic E-state index is 13.6. The van der Waals surface area contributed by atoms with Gasteiger partial charge in [0.2, 0.25) is 23.6 Å². The summed E-state index contributed by atoms with van der Waals surface area (Å²) in [6.45, 7) is 3.65. The Balaban J connectivity index is 1.81. The van der Waals surface area contributed by atoms with Crippen molar-refractivity contribution in [1.82, 2.24) is 15.1 Å². The van der Waals surface area contributed by atoms with Crippen molar-refractivity contribution in [1.29, 1.82) is 0 Å². The molecule has 5 N–H and O–H groups in total. The third kappa shape index (κ3) is 7.68. The number of hydrogen-bond donors (Lipinski definition) is 3. The molecule has 0 aromatic rings. The predicted molar refractivity (Wildman–Crippen MR) is 137 cm³/mol. The molecule has 3 fully saturated rings. The van der Waals surface area contributed by atoms with Gasteiger partial charge in [-0.3, -0.25) is 28.8 Å². The van der Waals surface area contributed by atoms with E-state index in [1.54, 1.807) is 6.92 Å². The highest BCUT2D eigenvalue weighted by atomic mass is 16.5. The van der Waals surface area contributed by atoms with Crippen LogP contribution >= 0.6 is 0 Å². The lowest BCUT2D eigenvalue weighted by atomic mass is 10.1. The summed E-state index contributed by atoms with van der Waals surface area (Å²) in [6.07, 6.45) is 2.67. The van der Waals surface area contributed by atoms with Crippen LogP contribution in [0, 0.1) is 0 Å². The van der Waals surface area contributed by atoms with Gasteiger partial charge < -0.3 is 36.1 Å². The van der Waals surface area contributed by atoms with Crippen LogP contribution in [0.5, 0.6) is 0 Å². The summed E-state index contributed by atoms with van der Waals surface area (Å²) in [6, 6.07) is -4.08. The van der Waals surface area contributed by atoms with Crippen molar-refractivity contribution in [3.8, 4) is 0 Å². The smallest absolute Gasteiger partial charge is 0.306 e. The number of primary amides is 1. The number of cyclic esters (lactones) is 2. The third-order valence-corrected chi connectivity index (χ3v) is 7.67. The molecule has 0 radical (unpaired) electrons. The van der Waals surface area contributed by atoms with Crippen molar-refractivity contribution < 1.29 is 38.2 Å². The first-order valence-electron chi connectivity index (χ1n) is 13.9. The second-order valence-electron chi connectivity index (χ2n) is 10.6. The highest BCUT2D eigenvalue weighted by Gasteiger charge is 2.44. The van der Waals surface area contributed by atoms with E-state index in [1.165, 1.54) is 16.7 Å².